The molecule has 19 heavy (non-hydrogen) atoms. The van der Waals surface area contributed by atoms with Crippen LogP contribution in [0.3, 0.4) is 0 Å². The summed E-state index contributed by atoms with van der Waals surface area (Å²) in [4.78, 5) is 12.0. The van der Waals surface area contributed by atoms with Gasteiger partial charge < -0.3 is 9.30 Å². The fourth-order valence-corrected chi connectivity index (χ4v) is 2.50. The van der Waals surface area contributed by atoms with Crippen molar-refractivity contribution in [3.63, 3.8) is 0 Å². The number of thioether (sulfide) groups is 1. The zero-order valence-corrected chi connectivity index (χ0v) is 12.0. The van der Waals surface area contributed by atoms with Gasteiger partial charge in [-0.15, -0.1) is 10.2 Å². The molecule has 100 valence electrons. The van der Waals surface area contributed by atoms with Crippen molar-refractivity contribution >= 4 is 29.1 Å². The van der Waals surface area contributed by atoms with Crippen LogP contribution in [-0.4, -0.2) is 33.4 Å². The molecule has 0 bridgehead atoms. The molecule has 0 N–H and O–H groups in total. The Morgan fingerprint density at radius 1 is 1.53 bits per heavy atom. The van der Waals surface area contributed by atoms with Crippen LogP contribution in [0.4, 0.5) is 0 Å². The van der Waals surface area contributed by atoms with Gasteiger partial charge in [-0.25, -0.2) is 0 Å². The van der Waals surface area contributed by atoms with Crippen molar-refractivity contribution in [1.29, 1.82) is 0 Å². The lowest BCUT2D eigenvalue weighted by molar-refractivity contribution is 0.102. The maximum atomic E-state index is 12.0. The van der Waals surface area contributed by atoms with Gasteiger partial charge in [0.25, 0.3) is 0 Å². The summed E-state index contributed by atoms with van der Waals surface area (Å²) in [5, 5.41) is 8.79. The Morgan fingerprint density at radius 3 is 2.89 bits per heavy atom. The van der Waals surface area contributed by atoms with Crippen LogP contribution in [0, 0.1) is 0 Å². The topological polar surface area (TPSA) is 57.0 Å². The Balaban J connectivity index is 2.04. The summed E-state index contributed by atoms with van der Waals surface area (Å²) in [6, 6.07) is 4.99. The number of hydrogen-bond acceptors (Lipinski definition) is 5. The molecule has 0 radical (unpaired) electrons. The highest BCUT2D eigenvalue weighted by Gasteiger charge is 2.11. The van der Waals surface area contributed by atoms with Gasteiger partial charge in [0.15, 0.2) is 10.9 Å². The summed E-state index contributed by atoms with van der Waals surface area (Å²) in [6.45, 7) is 0. The number of carbonyl (C=O) groups excluding carboxylic acids is 1. The number of Topliss-reactive ketones (excluding diaryl/α,β-unsaturated/α-hetero) is 1. The highest BCUT2D eigenvalue weighted by molar-refractivity contribution is 7.99. The summed E-state index contributed by atoms with van der Waals surface area (Å²) < 4.78 is 6.81. The summed E-state index contributed by atoms with van der Waals surface area (Å²) in [5.74, 6) is 0.826. The van der Waals surface area contributed by atoms with Gasteiger partial charge in [0.05, 0.1) is 17.9 Å². The molecule has 0 spiro atoms. The molecule has 7 heteroatoms. The molecule has 1 heterocycles. The zero-order chi connectivity index (χ0) is 13.8. The van der Waals surface area contributed by atoms with E-state index in [0.29, 0.717) is 21.5 Å². The number of ether oxygens (including phenoxy) is 1. The Hall–Kier alpha value is -1.53. The van der Waals surface area contributed by atoms with Crippen molar-refractivity contribution in [2.24, 2.45) is 7.05 Å². The van der Waals surface area contributed by atoms with Crippen LogP contribution in [-0.2, 0) is 7.05 Å². The van der Waals surface area contributed by atoms with Gasteiger partial charge in [-0.1, -0.05) is 23.4 Å². The average molecular weight is 298 g/mol. The van der Waals surface area contributed by atoms with Crippen LogP contribution in [0.1, 0.15) is 10.4 Å². The van der Waals surface area contributed by atoms with Crippen molar-refractivity contribution in [2.75, 3.05) is 12.9 Å². The fourth-order valence-electron chi connectivity index (χ4n) is 1.46. The number of aryl methyl sites for hydroxylation is 1. The van der Waals surface area contributed by atoms with E-state index in [1.807, 2.05) is 7.05 Å². The molecule has 5 nitrogen and oxygen atoms in total. The van der Waals surface area contributed by atoms with Crippen LogP contribution in [0.15, 0.2) is 29.7 Å². The van der Waals surface area contributed by atoms with Crippen molar-refractivity contribution in [3.05, 3.63) is 35.1 Å². The van der Waals surface area contributed by atoms with Gasteiger partial charge in [-0.2, -0.15) is 0 Å². The molecule has 0 fully saturated rings. The van der Waals surface area contributed by atoms with E-state index >= 15 is 0 Å². The third-order valence-corrected chi connectivity index (χ3v) is 3.81. The lowest BCUT2D eigenvalue weighted by Gasteiger charge is -2.05. The van der Waals surface area contributed by atoms with E-state index in [4.69, 9.17) is 16.3 Å². The van der Waals surface area contributed by atoms with Crippen molar-refractivity contribution in [3.8, 4) is 5.75 Å². The van der Waals surface area contributed by atoms with Crippen LogP contribution in [0.5, 0.6) is 5.75 Å². The molecule has 0 atom stereocenters. The second-order valence-corrected chi connectivity index (χ2v) is 5.14. The number of aromatic nitrogens is 3. The van der Waals surface area contributed by atoms with E-state index in [1.165, 1.54) is 18.9 Å². The van der Waals surface area contributed by atoms with E-state index in [9.17, 15) is 4.79 Å². The third-order valence-electron chi connectivity index (χ3n) is 2.48. The molecule has 1 aromatic carbocycles. The first kappa shape index (κ1) is 13.9. The molecule has 2 aromatic rings. The lowest BCUT2D eigenvalue weighted by atomic mass is 10.1. The third kappa shape index (κ3) is 3.27. The molecule has 0 aliphatic heterocycles. The lowest BCUT2D eigenvalue weighted by Crippen LogP contribution is -2.04. The van der Waals surface area contributed by atoms with E-state index in [2.05, 4.69) is 10.2 Å². The van der Waals surface area contributed by atoms with Crippen molar-refractivity contribution in [2.45, 2.75) is 5.16 Å². The first-order valence-corrected chi connectivity index (χ1v) is 6.81. The average Bonchev–Trinajstić information content (AvgIpc) is 2.81. The van der Waals surface area contributed by atoms with Crippen LogP contribution in [0.2, 0.25) is 5.02 Å². The number of nitrogens with zero attached hydrogens (tertiary/aromatic N) is 3. The number of halogens is 1. The van der Waals surface area contributed by atoms with E-state index in [0.717, 1.165) is 0 Å². The summed E-state index contributed by atoms with van der Waals surface area (Å²) in [5.41, 5.74) is 0.556. The number of methoxy groups -OCH3 is 1. The summed E-state index contributed by atoms with van der Waals surface area (Å²) in [6.07, 6.45) is 1.59. The quantitative estimate of drug-likeness (QED) is 0.627. The predicted octanol–water partition coefficient (Wildman–Crippen LogP) is 2.45. The Kier molecular flexibility index (Phi) is 4.44. The van der Waals surface area contributed by atoms with Crippen LogP contribution in [0.25, 0.3) is 0 Å². The summed E-state index contributed by atoms with van der Waals surface area (Å²) >= 11 is 7.33. The van der Waals surface area contributed by atoms with Crippen molar-refractivity contribution < 1.29 is 9.53 Å². The molecule has 0 unspecified atom stereocenters. The Labute approximate surface area is 119 Å². The SMILES string of the molecule is COc1ccc(C(=O)CSc2nncn2C)cc1Cl. The van der Waals surface area contributed by atoms with E-state index in [-0.39, 0.29) is 11.5 Å². The monoisotopic (exact) mass is 297 g/mol. The summed E-state index contributed by atoms with van der Waals surface area (Å²) in [7, 11) is 3.36. The largest absolute Gasteiger partial charge is 0.495 e. The van der Waals surface area contributed by atoms with Gasteiger partial charge in [-0.3, -0.25) is 4.79 Å². The molecular weight excluding hydrogens is 286 g/mol. The standard InChI is InChI=1S/C12H12ClN3O2S/c1-16-7-14-15-12(16)19-6-10(17)8-3-4-11(18-2)9(13)5-8/h3-5,7H,6H2,1-2H3. The van der Waals surface area contributed by atoms with Crippen LogP contribution < -0.4 is 4.74 Å². The minimum absolute atomic E-state index is 0.0162. The molecule has 0 aliphatic carbocycles. The normalized spacial score (nSPS) is 10.5. The first-order chi connectivity index (χ1) is 9.11. The van der Waals surface area contributed by atoms with Gasteiger partial charge >= 0.3 is 0 Å². The van der Waals surface area contributed by atoms with Gasteiger partial charge in [0, 0.05) is 12.6 Å². The molecule has 1 aromatic heterocycles. The Bertz CT molecular complexity index is 600. The van der Waals surface area contributed by atoms with E-state index in [1.54, 1.807) is 29.1 Å². The smallest absolute Gasteiger partial charge is 0.191 e. The minimum atomic E-state index is -0.0162. The maximum absolute atomic E-state index is 12.0. The number of hydrogen-bond donors (Lipinski definition) is 0. The number of rotatable bonds is 5. The molecule has 2 rings (SSSR count). The molecule has 0 aliphatic rings. The predicted molar refractivity (Wildman–Crippen MR) is 74.1 cm³/mol. The van der Waals surface area contributed by atoms with Crippen LogP contribution >= 0.6 is 23.4 Å². The molecule has 0 amide bonds. The fraction of sp³-hybridized carbons (Fsp3) is 0.250. The second-order valence-electron chi connectivity index (χ2n) is 3.79. The number of carbonyl (C=O) groups is 1. The van der Waals surface area contributed by atoms with Gasteiger partial charge in [-0.05, 0) is 18.2 Å². The maximum Gasteiger partial charge on any atom is 0.191 e. The minimum Gasteiger partial charge on any atom is -0.495 e. The number of benzene rings is 1. The second kappa shape index (κ2) is 6.08. The molecule has 0 saturated carbocycles. The number of ketones is 1. The van der Waals surface area contributed by atoms with Gasteiger partial charge in [0.2, 0.25) is 0 Å². The van der Waals surface area contributed by atoms with E-state index < -0.39 is 0 Å². The van der Waals surface area contributed by atoms with Gasteiger partial charge in [0.1, 0.15) is 12.1 Å². The highest BCUT2D eigenvalue weighted by Crippen LogP contribution is 2.26. The molecule has 0 saturated heterocycles. The zero-order valence-electron chi connectivity index (χ0n) is 10.5. The first-order valence-electron chi connectivity index (χ1n) is 5.45. The highest BCUT2D eigenvalue weighted by atomic mass is 35.5. The molecular formula is C12H12ClN3O2S. The van der Waals surface area contributed by atoms with Crippen molar-refractivity contribution in [1.82, 2.24) is 14.8 Å². The Morgan fingerprint density at radius 2 is 2.32 bits per heavy atom.